The molecule has 6 aromatic rings. The molecule has 5 heteroatoms. The molecular weight excluding hydrogens is 575 g/mol. The van der Waals surface area contributed by atoms with Gasteiger partial charge in [-0.3, -0.25) is 0 Å². The van der Waals surface area contributed by atoms with Crippen LogP contribution in [-0.2, 0) is 11.2 Å². The lowest BCUT2D eigenvalue weighted by Gasteiger charge is -2.48. The van der Waals surface area contributed by atoms with Gasteiger partial charge in [-0.15, -0.1) is 0 Å². The third-order valence-corrected chi connectivity index (χ3v) is 11.1. The van der Waals surface area contributed by atoms with Crippen LogP contribution in [0.2, 0.25) is 11.6 Å². The van der Waals surface area contributed by atoms with E-state index in [0.717, 1.165) is 35.4 Å². The third kappa shape index (κ3) is 3.49. The SMILES string of the molecule is C1=CC2OC3=c4c(c5ccc(-n6c7c(c8ccccc86)CCC=C7)cc5n4-c4ccccc4)=CC4Oc5ccccc5B(C2C=C1)C34. The summed E-state index contributed by atoms with van der Waals surface area (Å²) in [5.74, 6) is 2.36. The van der Waals surface area contributed by atoms with E-state index in [2.05, 4.69) is 149 Å². The van der Waals surface area contributed by atoms with E-state index in [9.17, 15) is 0 Å². The minimum absolute atomic E-state index is 0.0312. The molecule has 2 aromatic heterocycles. The zero-order valence-corrected chi connectivity index (χ0v) is 25.8. The molecule has 11 rings (SSSR count). The predicted molar refractivity (Wildman–Crippen MR) is 191 cm³/mol. The largest absolute Gasteiger partial charge is 0.489 e. The molecule has 4 aromatic carbocycles. The Morgan fingerprint density at radius 1 is 0.702 bits per heavy atom. The molecular formula is C42H31BN2O2. The standard InChI is InChI=1S/C42H31BN2O2/c1-2-12-26(13-3-1)45-36-24-27(44-34-18-8-4-14-28(34)29-15-5-9-19-35(29)44)22-23-30(36)31-25-39-40-42(41(31)45)47-38-21-11-7-17-33(38)43(40)32-16-6-10-20-37(32)46-39/h1-4,6-14,16-25,33,38-40H,5,15H2. The molecule has 0 amide bonds. The maximum absolute atomic E-state index is 7.14. The van der Waals surface area contributed by atoms with Crippen LogP contribution in [0.5, 0.6) is 5.75 Å². The third-order valence-electron chi connectivity index (χ3n) is 11.1. The van der Waals surface area contributed by atoms with Crippen molar-refractivity contribution < 1.29 is 9.47 Å². The van der Waals surface area contributed by atoms with Gasteiger partial charge in [0, 0.05) is 44.7 Å². The number of ether oxygens (including phenoxy) is 2. The molecule has 224 valence electrons. The van der Waals surface area contributed by atoms with Crippen molar-refractivity contribution in [3.8, 4) is 17.1 Å². The first-order chi connectivity index (χ1) is 23.3. The van der Waals surface area contributed by atoms with Crippen LogP contribution >= 0.6 is 0 Å². The smallest absolute Gasteiger partial charge is 0.208 e. The summed E-state index contributed by atoms with van der Waals surface area (Å²) in [6.45, 7) is 0.256. The number of nitrogens with zero attached hydrogens (tertiary/aromatic N) is 2. The van der Waals surface area contributed by atoms with Crippen LogP contribution < -0.4 is 20.8 Å². The van der Waals surface area contributed by atoms with E-state index < -0.39 is 0 Å². The average Bonchev–Trinajstić information content (AvgIpc) is 3.64. The molecule has 3 aliphatic carbocycles. The second-order valence-electron chi connectivity index (χ2n) is 13.4. The Kier molecular flexibility index (Phi) is 5.23. The molecule has 2 aliphatic heterocycles. The molecule has 0 bridgehead atoms. The zero-order valence-electron chi connectivity index (χ0n) is 25.8. The van der Waals surface area contributed by atoms with Crippen molar-refractivity contribution in [3.63, 3.8) is 0 Å². The van der Waals surface area contributed by atoms with Crippen molar-refractivity contribution in [2.45, 2.75) is 36.7 Å². The van der Waals surface area contributed by atoms with Gasteiger partial charge in [-0.05, 0) is 78.5 Å². The van der Waals surface area contributed by atoms with E-state index in [1.54, 1.807) is 0 Å². The maximum atomic E-state index is 7.14. The minimum Gasteiger partial charge on any atom is -0.489 e. The fourth-order valence-corrected chi connectivity index (χ4v) is 9.19. The number of aromatic nitrogens is 2. The van der Waals surface area contributed by atoms with Crippen molar-refractivity contribution in [3.05, 3.63) is 149 Å². The van der Waals surface area contributed by atoms with Crippen LogP contribution in [-0.4, -0.2) is 28.1 Å². The summed E-state index contributed by atoms with van der Waals surface area (Å²) >= 11 is 0. The monoisotopic (exact) mass is 606 g/mol. The highest BCUT2D eigenvalue weighted by atomic mass is 16.5. The molecule has 0 spiro atoms. The molecule has 0 radical (unpaired) electrons. The molecule has 1 fully saturated rings. The lowest BCUT2D eigenvalue weighted by Crippen LogP contribution is -2.59. The van der Waals surface area contributed by atoms with Gasteiger partial charge in [0.2, 0.25) is 6.71 Å². The highest BCUT2D eigenvalue weighted by Gasteiger charge is 2.54. The Hall–Kier alpha value is -5.42. The average molecular weight is 607 g/mol. The molecule has 1 saturated heterocycles. The number of rotatable bonds is 2. The number of hydrogen-bond acceptors (Lipinski definition) is 2. The lowest BCUT2D eigenvalue weighted by molar-refractivity contribution is 0.158. The van der Waals surface area contributed by atoms with Crippen molar-refractivity contribution >= 4 is 51.9 Å². The Morgan fingerprint density at radius 3 is 2.51 bits per heavy atom. The number of fused-ring (bicyclic) bond motifs is 10. The first-order valence-electron chi connectivity index (χ1n) is 16.9. The van der Waals surface area contributed by atoms with Gasteiger partial charge in [-0.25, -0.2) is 0 Å². The van der Waals surface area contributed by atoms with E-state index in [1.807, 2.05) is 0 Å². The van der Waals surface area contributed by atoms with Gasteiger partial charge >= 0.3 is 0 Å². The van der Waals surface area contributed by atoms with E-state index in [-0.39, 0.29) is 30.6 Å². The normalized spacial score (nSPS) is 22.9. The summed E-state index contributed by atoms with van der Waals surface area (Å²) in [5.41, 5.74) is 8.74. The van der Waals surface area contributed by atoms with Gasteiger partial charge in [0.05, 0.1) is 16.4 Å². The van der Waals surface area contributed by atoms with Gasteiger partial charge in [0.1, 0.15) is 23.7 Å². The second kappa shape index (κ2) is 9.55. The molecule has 0 saturated carbocycles. The fraction of sp³-hybridized carbons (Fsp3) is 0.143. The van der Waals surface area contributed by atoms with Gasteiger partial charge in [-0.2, -0.15) is 0 Å². The van der Waals surface area contributed by atoms with Gasteiger partial charge in [0.15, 0.2) is 0 Å². The van der Waals surface area contributed by atoms with Crippen LogP contribution in [0, 0.1) is 0 Å². The van der Waals surface area contributed by atoms with Crippen molar-refractivity contribution in [2.24, 2.45) is 0 Å². The van der Waals surface area contributed by atoms with E-state index in [4.69, 9.17) is 9.47 Å². The summed E-state index contributed by atoms with van der Waals surface area (Å²) in [5, 5.41) is 4.90. The summed E-state index contributed by atoms with van der Waals surface area (Å²) < 4.78 is 18.9. The van der Waals surface area contributed by atoms with Crippen molar-refractivity contribution in [1.82, 2.24) is 9.13 Å². The Labute approximate surface area is 272 Å². The van der Waals surface area contributed by atoms with Gasteiger partial charge < -0.3 is 18.6 Å². The summed E-state index contributed by atoms with van der Waals surface area (Å²) in [6.07, 6.45) is 17.9. The maximum Gasteiger partial charge on any atom is 0.208 e. The predicted octanol–water partition coefficient (Wildman–Crippen LogP) is 6.86. The Bertz CT molecular complexity index is 2520. The first-order valence-corrected chi connectivity index (χ1v) is 16.9. The van der Waals surface area contributed by atoms with Crippen molar-refractivity contribution in [2.75, 3.05) is 0 Å². The van der Waals surface area contributed by atoms with Gasteiger partial charge in [0.25, 0.3) is 0 Å². The van der Waals surface area contributed by atoms with Crippen molar-refractivity contribution in [1.29, 1.82) is 0 Å². The fourth-order valence-electron chi connectivity index (χ4n) is 9.19. The first kappa shape index (κ1) is 25.7. The molecule has 47 heavy (non-hydrogen) atoms. The van der Waals surface area contributed by atoms with Crippen LogP contribution in [0.4, 0.5) is 0 Å². The summed E-state index contributed by atoms with van der Waals surface area (Å²) in [6, 6.07) is 35.3. The quantitative estimate of drug-likeness (QED) is 0.202. The Morgan fingerprint density at radius 2 is 1.55 bits per heavy atom. The number of allylic oxidation sites excluding steroid dienone is 3. The number of benzene rings is 4. The van der Waals surface area contributed by atoms with Crippen LogP contribution in [0.3, 0.4) is 0 Å². The van der Waals surface area contributed by atoms with Crippen LogP contribution in [0.1, 0.15) is 17.7 Å². The number of aryl methyl sites for hydroxylation is 1. The van der Waals surface area contributed by atoms with E-state index in [1.165, 1.54) is 49.4 Å². The van der Waals surface area contributed by atoms with E-state index in [0.29, 0.717) is 0 Å². The highest BCUT2D eigenvalue weighted by Crippen LogP contribution is 2.49. The summed E-state index contributed by atoms with van der Waals surface area (Å²) in [7, 11) is 0. The topological polar surface area (TPSA) is 28.3 Å². The van der Waals surface area contributed by atoms with E-state index >= 15 is 0 Å². The lowest BCUT2D eigenvalue weighted by atomic mass is 9.26. The molecule has 4 unspecified atom stereocenters. The summed E-state index contributed by atoms with van der Waals surface area (Å²) in [4.78, 5) is 0. The Balaban J connectivity index is 1.24. The molecule has 4 atom stereocenters. The molecule has 4 nitrogen and oxygen atoms in total. The molecule has 4 heterocycles. The second-order valence-corrected chi connectivity index (χ2v) is 13.4. The van der Waals surface area contributed by atoms with Gasteiger partial charge in [-0.1, -0.05) is 85.0 Å². The van der Waals surface area contributed by atoms with Crippen LogP contribution in [0.15, 0.2) is 127 Å². The minimum atomic E-state index is -0.113. The molecule has 0 N–H and O–H groups in total. The number of para-hydroxylation sites is 3. The van der Waals surface area contributed by atoms with Crippen LogP contribution in [0.25, 0.3) is 51.1 Å². The zero-order chi connectivity index (χ0) is 30.6. The molecule has 5 aliphatic rings. The number of hydrogen-bond donors (Lipinski definition) is 0. The highest BCUT2D eigenvalue weighted by molar-refractivity contribution is 6.79.